The molecule has 1 saturated heterocycles. The van der Waals surface area contributed by atoms with Gasteiger partial charge in [0, 0.05) is 38.3 Å². The van der Waals surface area contributed by atoms with Gasteiger partial charge in [0.1, 0.15) is 0 Å². The predicted octanol–water partition coefficient (Wildman–Crippen LogP) is 2.28. The predicted molar refractivity (Wildman–Crippen MR) is 85.3 cm³/mol. The molecule has 1 aliphatic heterocycles. The highest BCUT2D eigenvalue weighted by Gasteiger charge is 2.20. The second-order valence-corrected chi connectivity index (χ2v) is 5.73. The van der Waals surface area contributed by atoms with Crippen LogP contribution in [-0.2, 0) is 0 Å². The molecule has 1 aliphatic rings. The van der Waals surface area contributed by atoms with Crippen LogP contribution in [0.3, 0.4) is 0 Å². The van der Waals surface area contributed by atoms with E-state index in [1.807, 2.05) is 13.2 Å². The Morgan fingerprint density at radius 2 is 1.90 bits per heavy atom. The number of rotatable bonds is 5. The minimum atomic E-state index is 0.311. The smallest absolute Gasteiger partial charge is 0.0571 e. The second kappa shape index (κ2) is 7.04. The van der Waals surface area contributed by atoms with Crippen LogP contribution >= 0.6 is 0 Å². The van der Waals surface area contributed by atoms with Gasteiger partial charge in [0.25, 0.3) is 0 Å². The van der Waals surface area contributed by atoms with E-state index < -0.39 is 0 Å². The van der Waals surface area contributed by atoms with Gasteiger partial charge in [0.2, 0.25) is 0 Å². The number of hydrogen-bond acceptors (Lipinski definition) is 4. The van der Waals surface area contributed by atoms with Crippen molar-refractivity contribution in [2.45, 2.75) is 39.3 Å². The second-order valence-electron chi connectivity index (χ2n) is 5.73. The molecule has 0 spiro atoms. The SMILES string of the molecule is CCC(C)N1CCN(c2ccc(C(C)NC)nc2)CC1. The van der Waals surface area contributed by atoms with Crippen LogP contribution in [0.4, 0.5) is 5.69 Å². The van der Waals surface area contributed by atoms with E-state index in [1.165, 1.54) is 12.1 Å². The first-order chi connectivity index (χ1) is 9.65. The first kappa shape index (κ1) is 15.3. The number of anilines is 1. The van der Waals surface area contributed by atoms with E-state index in [9.17, 15) is 0 Å². The molecule has 1 N–H and O–H groups in total. The van der Waals surface area contributed by atoms with Gasteiger partial charge >= 0.3 is 0 Å². The zero-order chi connectivity index (χ0) is 14.5. The summed E-state index contributed by atoms with van der Waals surface area (Å²) in [6.07, 6.45) is 3.25. The van der Waals surface area contributed by atoms with Crippen molar-refractivity contribution >= 4 is 5.69 Å². The van der Waals surface area contributed by atoms with Gasteiger partial charge in [0.05, 0.1) is 17.6 Å². The van der Waals surface area contributed by atoms with Gasteiger partial charge in [-0.3, -0.25) is 9.88 Å². The van der Waals surface area contributed by atoms with Crippen LogP contribution in [0.15, 0.2) is 18.3 Å². The number of nitrogens with one attached hydrogen (secondary N) is 1. The quantitative estimate of drug-likeness (QED) is 0.894. The average molecular weight is 276 g/mol. The highest BCUT2D eigenvalue weighted by atomic mass is 15.3. The molecule has 0 radical (unpaired) electrons. The van der Waals surface area contributed by atoms with Crippen molar-refractivity contribution in [3.8, 4) is 0 Å². The molecule has 2 atom stereocenters. The standard InChI is InChI=1S/C16H28N4/c1-5-13(2)19-8-10-20(11-9-19)15-6-7-16(18-12-15)14(3)17-4/h6-7,12-14,17H,5,8-11H2,1-4H3. The van der Waals surface area contributed by atoms with Crippen molar-refractivity contribution in [3.63, 3.8) is 0 Å². The van der Waals surface area contributed by atoms with Gasteiger partial charge in [-0.05, 0) is 39.4 Å². The van der Waals surface area contributed by atoms with Crippen LogP contribution in [0.2, 0.25) is 0 Å². The Labute approximate surface area is 123 Å². The molecule has 0 saturated carbocycles. The Kier molecular flexibility index (Phi) is 5.38. The first-order valence-corrected chi connectivity index (χ1v) is 7.78. The summed E-state index contributed by atoms with van der Waals surface area (Å²) in [7, 11) is 1.97. The van der Waals surface area contributed by atoms with Gasteiger partial charge in [0.15, 0.2) is 0 Å². The van der Waals surface area contributed by atoms with E-state index >= 15 is 0 Å². The third-order valence-corrected chi connectivity index (χ3v) is 4.54. The molecular formula is C16H28N4. The third kappa shape index (κ3) is 3.49. The molecule has 1 fully saturated rings. The monoisotopic (exact) mass is 276 g/mol. The Balaban J connectivity index is 1.93. The van der Waals surface area contributed by atoms with Gasteiger partial charge < -0.3 is 10.2 Å². The van der Waals surface area contributed by atoms with Crippen molar-refractivity contribution < 1.29 is 0 Å². The summed E-state index contributed by atoms with van der Waals surface area (Å²) in [5, 5.41) is 3.22. The van der Waals surface area contributed by atoms with Crippen molar-refractivity contribution in [1.82, 2.24) is 15.2 Å². The summed E-state index contributed by atoms with van der Waals surface area (Å²) in [5.74, 6) is 0. The third-order valence-electron chi connectivity index (χ3n) is 4.54. The van der Waals surface area contributed by atoms with Crippen LogP contribution in [0.1, 0.15) is 38.9 Å². The van der Waals surface area contributed by atoms with Gasteiger partial charge in [-0.2, -0.15) is 0 Å². The fourth-order valence-corrected chi connectivity index (χ4v) is 2.67. The minimum absolute atomic E-state index is 0.311. The molecule has 0 amide bonds. The molecule has 1 aromatic rings. The molecule has 20 heavy (non-hydrogen) atoms. The van der Waals surface area contributed by atoms with Crippen LogP contribution in [0.5, 0.6) is 0 Å². The topological polar surface area (TPSA) is 31.4 Å². The van der Waals surface area contributed by atoms with Crippen molar-refractivity contribution in [2.24, 2.45) is 0 Å². The zero-order valence-corrected chi connectivity index (χ0v) is 13.3. The molecule has 4 heteroatoms. The highest BCUT2D eigenvalue weighted by Crippen LogP contribution is 2.19. The molecule has 1 aromatic heterocycles. The number of hydrogen-bond donors (Lipinski definition) is 1. The number of nitrogens with zero attached hydrogens (tertiary/aromatic N) is 3. The fraction of sp³-hybridized carbons (Fsp3) is 0.688. The van der Waals surface area contributed by atoms with Gasteiger partial charge in [-0.1, -0.05) is 6.92 Å². The maximum Gasteiger partial charge on any atom is 0.0571 e. The Morgan fingerprint density at radius 1 is 1.20 bits per heavy atom. The van der Waals surface area contributed by atoms with E-state index in [-0.39, 0.29) is 0 Å². The molecule has 2 unspecified atom stereocenters. The summed E-state index contributed by atoms with van der Waals surface area (Å²) >= 11 is 0. The van der Waals surface area contributed by atoms with Crippen molar-refractivity contribution in [3.05, 3.63) is 24.0 Å². The summed E-state index contributed by atoms with van der Waals surface area (Å²) < 4.78 is 0. The van der Waals surface area contributed by atoms with Crippen LogP contribution in [-0.4, -0.2) is 49.2 Å². The van der Waals surface area contributed by atoms with Crippen LogP contribution < -0.4 is 10.2 Å². The van der Waals surface area contributed by atoms with E-state index in [0.717, 1.165) is 31.9 Å². The number of aromatic nitrogens is 1. The number of piperazine rings is 1. The lowest BCUT2D eigenvalue weighted by molar-refractivity contribution is 0.193. The normalized spacial score (nSPS) is 19.9. The largest absolute Gasteiger partial charge is 0.368 e. The highest BCUT2D eigenvalue weighted by molar-refractivity contribution is 5.45. The van der Waals surface area contributed by atoms with Crippen LogP contribution in [0, 0.1) is 0 Å². The lowest BCUT2D eigenvalue weighted by Crippen LogP contribution is -2.49. The van der Waals surface area contributed by atoms with Gasteiger partial charge in [-0.25, -0.2) is 0 Å². The van der Waals surface area contributed by atoms with E-state index in [2.05, 4.69) is 53.0 Å². The molecular weight excluding hydrogens is 248 g/mol. The lowest BCUT2D eigenvalue weighted by Gasteiger charge is -2.38. The minimum Gasteiger partial charge on any atom is -0.368 e. The summed E-state index contributed by atoms with van der Waals surface area (Å²) in [6.45, 7) is 11.2. The van der Waals surface area contributed by atoms with Gasteiger partial charge in [-0.15, -0.1) is 0 Å². The zero-order valence-electron chi connectivity index (χ0n) is 13.3. The maximum atomic E-state index is 4.58. The van der Waals surface area contributed by atoms with E-state index in [1.54, 1.807) is 0 Å². The average Bonchev–Trinajstić information content (AvgIpc) is 2.53. The summed E-state index contributed by atoms with van der Waals surface area (Å²) in [6, 6.07) is 5.35. The lowest BCUT2D eigenvalue weighted by atomic mass is 10.1. The number of pyridine rings is 1. The molecule has 112 valence electrons. The Bertz CT molecular complexity index is 395. The molecule has 4 nitrogen and oxygen atoms in total. The van der Waals surface area contributed by atoms with E-state index in [0.29, 0.717) is 12.1 Å². The van der Waals surface area contributed by atoms with Crippen molar-refractivity contribution in [2.75, 3.05) is 38.1 Å². The fourth-order valence-electron chi connectivity index (χ4n) is 2.67. The molecule has 0 aliphatic carbocycles. The molecule has 2 rings (SSSR count). The van der Waals surface area contributed by atoms with Crippen LogP contribution in [0.25, 0.3) is 0 Å². The molecule has 0 bridgehead atoms. The summed E-state index contributed by atoms with van der Waals surface area (Å²) in [5.41, 5.74) is 2.36. The Hall–Kier alpha value is -1.13. The molecule has 2 heterocycles. The molecule has 0 aromatic carbocycles. The first-order valence-electron chi connectivity index (χ1n) is 7.78. The van der Waals surface area contributed by atoms with Crippen molar-refractivity contribution in [1.29, 1.82) is 0 Å². The summed E-state index contributed by atoms with van der Waals surface area (Å²) in [4.78, 5) is 9.61. The maximum absolute atomic E-state index is 4.58. The Morgan fingerprint density at radius 3 is 2.40 bits per heavy atom. The van der Waals surface area contributed by atoms with E-state index in [4.69, 9.17) is 0 Å².